The predicted molar refractivity (Wildman–Crippen MR) is 79.6 cm³/mol. The summed E-state index contributed by atoms with van der Waals surface area (Å²) in [7, 11) is 0. The van der Waals surface area contributed by atoms with Crippen LogP contribution in [-0.2, 0) is 5.41 Å². The second-order valence-corrected chi connectivity index (χ2v) is 6.49. The maximum atomic E-state index is 11.7. The zero-order valence-corrected chi connectivity index (χ0v) is 12.7. The van der Waals surface area contributed by atoms with E-state index in [2.05, 4.69) is 30.5 Å². The van der Waals surface area contributed by atoms with Crippen molar-refractivity contribution in [2.24, 2.45) is 5.92 Å². The van der Waals surface area contributed by atoms with Gasteiger partial charge in [0.2, 0.25) is 0 Å². The van der Waals surface area contributed by atoms with E-state index in [1.165, 1.54) is 4.88 Å². The van der Waals surface area contributed by atoms with Crippen LogP contribution in [0.1, 0.15) is 32.1 Å². The van der Waals surface area contributed by atoms with Crippen LogP contribution in [0.4, 0.5) is 4.79 Å². The number of carbonyl (C=O) groups is 1. The summed E-state index contributed by atoms with van der Waals surface area (Å²) in [5, 5.41) is 16.6. The molecule has 0 saturated heterocycles. The first kappa shape index (κ1) is 16.0. The molecule has 1 aromatic heterocycles. The number of urea groups is 1. The van der Waals surface area contributed by atoms with Crippen LogP contribution in [-0.4, -0.2) is 30.8 Å². The molecule has 0 aliphatic rings. The van der Waals surface area contributed by atoms with E-state index >= 15 is 0 Å². The SMILES string of the molecule is CC(CCO)CNC(=O)NCC(C)(C)c1cccs1. The number of hydrogen-bond donors (Lipinski definition) is 3. The van der Waals surface area contributed by atoms with E-state index in [9.17, 15) is 4.79 Å². The van der Waals surface area contributed by atoms with Crippen LogP contribution in [0.2, 0.25) is 0 Å². The normalized spacial score (nSPS) is 13.1. The lowest BCUT2D eigenvalue weighted by atomic mass is 9.91. The van der Waals surface area contributed by atoms with Gasteiger partial charge in [0.05, 0.1) is 0 Å². The molecule has 5 heteroatoms. The zero-order valence-electron chi connectivity index (χ0n) is 11.9. The molecule has 1 atom stereocenters. The van der Waals surface area contributed by atoms with Crippen molar-refractivity contribution in [2.75, 3.05) is 19.7 Å². The Balaban J connectivity index is 2.30. The zero-order chi connectivity index (χ0) is 14.3. The van der Waals surface area contributed by atoms with Crippen LogP contribution < -0.4 is 10.6 Å². The summed E-state index contributed by atoms with van der Waals surface area (Å²) in [5.41, 5.74) is -0.0534. The molecule has 1 heterocycles. The molecule has 0 aromatic carbocycles. The lowest BCUT2D eigenvalue weighted by Crippen LogP contribution is -2.43. The summed E-state index contributed by atoms with van der Waals surface area (Å²) in [4.78, 5) is 13.0. The second-order valence-electron chi connectivity index (χ2n) is 5.54. The summed E-state index contributed by atoms with van der Waals surface area (Å²) in [5.74, 6) is 0.293. The second kappa shape index (κ2) is 7.50. The van der Waals surface area contributed by atoms with Gasteiger partial charge in [-0.15, -0.1) is 11.3 Å². The Kier molecular flexibility index (Phi) is 6.31. The van der Waals surface area contributed by atoms with Gasteiger partial charge < -0.3 is 15.7 Å². The molecule has 1 unspecified atom stereocenters. The van der Waals surface area contributed by atoms with Crippen molar-refractivity contribution in [3.63, 3.8) is 0 Å². The molecule has 19 heavy (non-hydrogen) atoms. The molecule has 4 nitrogen and oxygen atoms in total. The standard InChI is InChI=1S/C14H24N2O2S/c1-11(6-7-17)9-15-13(18)16-10-14(2,3)12-5-4-8-19-12/h4-5,8,11,17H,6-7,9-10H2,1-3H3,(H2,15,16,18). The van der Waals surface area contributed by atoms with Crippen molar-refractivity contribution in [2.45, 2.75) is 32.6 Å². The first-order valence-corrected chi connectivity index (χ1v) is 7.50. The number of thiophene rings is 1. The van der Waals surface area contributed by atoms with Gasteiger partial charge in [-0.25, -0.2) is 4.79 Å². The average molecular weight is 284 g/mol. The number of aliphatic hydroxyl groups excluding tert-OH is 1. The Morgan fingerprint density at radius 1 is 1.47 bits per heavy atom. The number of amides is 2. The molecule has 0 spiro atoms. The third kappa shape index (κ3) is 5.61. The van der Waals surface area contributed by atoms with Gasteiger partial charge >= 0.3 is 6.03 Å². The molecule has 2 amide bonds. The van der Waals surface area contributed by atoms with Gasteiger partial charge in [0.25, 0.3) is 0 Å². The van der Waals surface area contributed by atoms with Gasteiger partial charge in [-0.05, 0) is 23.8 Å². The van der Waals surface area contributed by atoms with Gasteiger partial charge in [0, 0.05) is 30.0 Å². The first-order chi connectivity index (χ1) is 8.95. The van der Waals surface area contributed by atoms with Crippen LogP contribution in [0, 0.1) is 5.92 Å². The summed E-state index contributed by atoms with van der Waals surface area (Å²) in [6.45, 7) is 7.60. The van der Waals surface area contributed by atoms with E-state index in [1.807, 2.05) is 18.4 Å². The van der Waals surface area contributed by atoms with E-state index in [1.54, 1.807) is 11.3 Å². The van der Waals surface area contributed by atoms with Gasteiger partial charge in [-0.1, -0.05) is 26.8 Å². The number of aliphatic hydroxyl groups is 1. The minimum atomic E-state index is -0.144. The van der Waals surface area contributed by atoms with Crippen molar-refractivity contribution in [1.29, 1.82) is 0 Å². The minimum absolute atomic E-state index is 0.0534. The summed E-state index contributed by atoms with van der Waals surface area (Å²) >= 11 is 1.71. The van der Waals surface area contributed by atoms with Crippen molar-refractivity contribution in [3.8, 4) is 0 Å². The summed E-state index contributed by atoms with van der Waals surface area (Å²) in [6.07, 6.45) is 0.709. The average Bonchev–Trinajstić information content (AvgIpc) is 2.89. The van der Waals surface area contributed by atoms with Crippen molar-refractivity contribution < 1.29 is 9.90 Å². The largest absolute Gasteiger partial charge is 0.396 e. The van der Waals surface area contributed by atoms with Crippen LogP contribution in [0.5, 0.6) is 0 Å². The molecule has 0 fully saturated rings. The number of carbonyl (C=O) groups excluding carboxylic acids is 1. The fourth-order valence-corrected chi connectivity index (χ4v) is 2.56. The highest BCUT2D eigenvalue weighted by Gasteiger charge is 2.22. The Morgan fingerprint density at radius 3 is 2.79 bits per heavy atom. The Bertz CT molecular complexity index is 377. The van der Waals surface area contributed by atoms with Gasteiger partial charge in [-0.2, -0.15) is 0 Å². The van der Waals surface area contributed by atoms with Crippen molar-refractivity contribution in [1.82, 2.24) is 10.6 Å². The van der Waals surface area contributed by atoms with Crippen LogP contribution in [0.25, 0.3) is 0 Å². The number of hydrogen-bond acceptors (Lipinski definition) is 3. The van der Waals surface area contributed by atoms with Gasteiger partial charge in [-0.3, -0.25) is 0 Å². The van der Waals surface area contributed by atoms with Crippen LogP contribution in [0.3, 0.4) is 0 Å². The van der Waals surface area contributed by atoms with E-state index in [4.69, 9.17) is 5.11 Å². The monoisotopic (exact) mass is 284 g/mol. The quantitative estimate of drug-likeness (QED) is 0.719. The highest BCUT2D eigenvalue weighted by molar-refractivity contribution is 7.10. The smallest absolute Gasteiger partial charge is 0.314 e. The van der Waals surface area contributed by atoms with E-state index in [-0.39, 0.29) is 18.1 Å². The number of nitrogens with one attached hydrogen (secondary N) is 2. The Morgan fingerprint density at radius 2 is 2.21 bits per heavy atom. The minimum Gasteiger partial charge on any atom is -0.396 e. The Labute approximate surface area is 119 Å². The van der Waals surface area contributed by atoms with Crippen molar-refractivity contribution in [3.05, 3.63) is 22.4 Å². The topological polar surface area (TPSA) is 61.4 Å². The molecule has 1 rings (SSSR count). The molecule has 0 saturated carbocycles. The maximum Gasteiger partial charge on any atom is 0.314 e. The lowest BCUT2D eigenvalue weighted by molar-refractivity contribution is 0.232. The van der Waals surface area contributed by atoms with Gasteiger partial charge in [0.1, 0.15) is 0 Å². The molecule has 0 aliphatic heterocycles. The molecular weight excluding hydrogens is 260 g/mol. The highest BCUT2D eigenvalue weighted by atomic mass is 32.1. The molecule has 108 valence electrons. The molecule has 0 radical (unpaired) electrons. The highest BCUT2D eigenvalue weighted by Crippen LogP contribution is 2.26. The molecule has 0 aliphatic carbocycles. The van der Waals surface area contributed by atoms with Crippen LogP contribution >= 0.6 is 11.3 Å². The van der Waals surface area contributed by atoms with Crippen LogP contribution in [0.15, 0.2) is 17.5 Å². The molecule has 1 aromatic rings. The van der Waals surface area contributed by atoms with E-state index in [0.717, 1.165) is 0 Å². The first-order valence-electron chi connectivity index (χ1n) is 6.62. The third-order valence-corrected chi connectivity index (χ3v) is 4.35. The summed E-state index contributed by atoms with van der Waals surface area (Å²) < 4.78 is 0. The molecule has 0 bridgehead atoms. The van der Waals surface area contributed by atoms with Crippen molar-refractivity contribution >= 4 is 17.4 Å². The molecular formula is C14H24N2O2S. The molecule has 3 N–H and O–H groups in total. The van der Waals surface area contributed by atoms with E-state index in [0.29, 0.717) is 25.4 Å². The Hall–Kier alpha value is -1.07. The predicted octanol–water partition coefficient (Wildman–Crippen LogP) is 2.34. The lowest BCUT2D eigenvalue weighted by Gasteiger charge is -2.24. The van der Waals surface area contributed by atoms with E-state index < -0.39 is 0 Å². The summed E-state index contributed by atoms with van der Waals surface area (Å²) in [6, 6.07) is 3.97. The number of rotatable bonds is 7. The van der Waals surface area contributed by atoms with Gasteiger partial charge in [0.15, 0.2) is 0 Å². The third-order valence-electron chi connectivity index (χ3n) is 3.11. The fraction of sp³-hybridized carbons (Fsp3) is 0.643. The maximum absolute atomic E-state index is 11.7. The fourth-order valence-electron chi connectivity index (χ4n) is 1.70.